The fraction of sp³-hybridized carbons (Fsp3) is 1.00. The first kappa shape index (κ1) is 12.2. The fourth-order valence-corrected chi connectivity index (χ4v) is 7.32. The van der Waals surface area contributed by atoms with Gasteiger partial charge in [-0.25, -0.2) is 0 Å². The predicted molar refractivity (Wildman–Crippen MR) is 65.0 cm³/mol. The summed E-state index contributed by atoms with van der Waals surface area (Å²) in [6, 6.07) is 2.29. The molecule has 0 spiro atoms. The average molecular weight is 214 g/mol. The van der Waals surface area contributed by atoms with Gasteiger partial charge in [-0.1, -0.05) is 58.8 Å². The molecule has 1 rings (SSSR count). The molecule has 0 saturated heterocycles. The third kappa shape index (κ3) is 3.09. The van der Waals surface area contributed by atoms with Crippen LogP contribution in [0.5, 0.6) is 0 Å². The van der Waals surface area contributed by atoms with Crippen molar-refractivity contribution in [3.8, 4) is 0 Å². The van der Waals surface area contributed by atoms with E-state index >= 15 is 0 Å². The summed E-state index contributed by atoms with van der Waals surface area (Å²) in [6.07, 6.45) is 9.14. The van der Waals surface area contributed by atoms with Gasteiger partial charge >= 0.3 is 0 Å². The molecule has 1 saturated carbocycles. The van der Waals surface area contributed by atoms with Crippen LogP contribution in [0.25, 0.3) is 0 Å². The Morgan fingerprint density at radius 3 is 1.93 bits per heavy atom. The van der Waals surface area contributed by atoms with Crippen molar-refractivity contribution in [2.24, 2.45) is 0 Å². The molecule has 0 atom stereocenters. The summed E-state index contributed by atoms with van der Waals surface area (Å²) < 4.78 is 0. The van der Waals surface area contributed by atoms with Crippen molar-refractivity contribution in [1.29, 1.82) is 0 Å². The van der Waals surface area contributed by atoms with Crippen LogP contribution in [0.2, 0.25) is 17.6 Å². The number of hydrogen-bond donors (Lipinski definition) is 1. The minimum atomic E-state index is -1.85. The molecular weight excluding hydrogens is 188 g/mol. The fourth-order valence-electron chi connectivity index (χ4n) is 3.04. The highest BCUT2D eigenvalue weighted by atomic mass is 28.4. The van der Waals surface area contributed by atoms with E-state index in [9.17, 15) is 4.80 Å². The SMILES string of the molecule is CCC[Si](O)(CCC)C1CCCCC1. The third-order valence-corrected chi connectivity index (χ3v) is 8.56. The second kappa shape index (κ2) is 5.91. The van der Waals surface area contributed by atoms with E-state index in [-0.39, 0.29) is 0 Å². The highest BCUT2D eigenvalue weighted by Gasteiger charge is 2.38. The minimum Gasteiger partial charge on any atom is -0.431 e. The van der Waals surface area contributed by atoms with Gasteiger partial charge in [-0.3, -0.25) is 0 Å². The van der Waals surface area contributed by atoms with Crippen molar-refractivity contribution in [3.05, 3.63) is 0 Å². The first-order chi connectivity index (χ1) is 6.73. The van der Waals surface area contributed by atoms with Crippen LogP contribution in [-0.4, -0.2) is 13.1 Å². The molecular formula is C12H26OSi. The van der Waals surface area contributed by atoms with Gasteiger partial charge in [-0.15, -0.1) is 0 Å². The lowest BCUT2D eigenvalue weighted by Crippen LogP contribution is -2.40. The van der Waals surface area contributed by atoms with Gasteiger partial charge in [0.05, 0.1) is 0 Å². The van der Waals surface area contributed by atoms with Gasteiger partial charge in [0.2, 0.25) is 0 Å². The van der Waals surface area contributed by atoms with E-state index in [0.29, 0.717) is 0 Å². The topological polar surface area (TPSA) is 20.2 Å². The molecule has 2 heteroatoms. The summed E-state index contributed by atoms with van der Waals surface area (Å²) in [5.74, 6) is 0. The molecule has 0 unspecified atom stereocenters. The zero-order chi connectivity index (χ0) is 10.4. The molecule has 14 heavy (non-hydrogen) atoms. The summed E-state index contributed by atoms with van der Waals surface area (Å²) in [5, 5.41) is 0. The molecule has 0 bridgehead atoms. The second-order valence-corrected chi connectivity index (χ2v) is 8.96. The van der Waals surface area contributed by atoms with E-state index < -0.39 is 8.32 Å². The lowest BCUT2D eigenvalue weighted by Gasteiger charge is -2.36. The summed E-state index contributed by atoms with van der Waals surface area (Å²) in [5.41, 5.74) is 0.733. The maximum atomic E-state index is 10.8. The number of hydrogen-bond acceptors (Lipinski definition) is 1. The molecule has 0 aromatic carbocycles. The Bertz CT molecular complexity index is 146. The second-order valence-electron chi connectivity index (χ2n) is 4.94. The summed E-state index contributed by atoms with van der Waals surface area (Å²) in [6.45, 7) is 4.44. The normalized spacial score (nSPS) is 19.9. The van der Waals surface area contributed by atoms with Gasteiger partial charge in [0.25, 0.3) is 0 Å². The lowest BCUT2D eigenvalue weighted by molar-refractivity contribution is 0.419. The van der Waals surface area contributed by atoms with Crippen molar-refractivity contribution in [1.82, 2.24) is 0 Å². The highest BCUT2D eigenvalue weighted by Crippen LogP contribution is 2.40. The zero-order valence-electron chi connectivity index (χ0n) is 9.89. The smallest absolute Gasteiger partial charge is 0.191 e. The third-order valence-electron chi connectivity index (χ3n) is 3.73. The van der Waals surface area contributed by atoms with E-state index in [1.54, 1.807) is 0 Å². The Morgan fingerprint density at radius 1 is 1.00 bits per heavy atom. The molecule has 0 radical (unpaired) electrons. The largest absolute Gasteiger partial charge is 0.431 e. The Balaban J connectivity index is 2.54. The molecule has 1 aliphatic carbocycles. The molecule has 1 nitrogen and oxygen atoms in total. The quantitative estimate of drug-likeness (QED) is 0.684. The Kier molecular flexibility index (Phi) is 5.17. The Labute approximate surface area is 90.0 Å². The molecule has 0 aliphatic heterocycles. The van der Waals surface area contributed by atoms with Crippen molar-refractivity contribution < 1.29 is 4.80 Å². The maximum Gasteiger partial charge on any atom is 0.191 e. The standard InChI is InChI=1S/C12H26OSi/c1-3-10-14(13,11-4-2)12-8-6-5-7-9-12/h12-13H,3-11H2,1-2H3. The van der Waals surface area contributed by atoms with Gasteiger partial charge in [-0.2, -0.15) is 0 Å². The van der Waals surface area contributed by atoms with Crippen molar-refractivity contribution in [2.45, 2.75) is 76.4 Å². The summed E-state index contributed by atoms with van der Waals surface area (Å²) in [4.78, 5) is 10.8. The van der Waals surface area contributed by atoms with Crippen LogP contribution in [-0.2, 0) is 0 Å². The Hall–Kier alpha value is 0.177. The molecule has 0 heterocycles. The van der Waals surface area contributed by atoms with E-state index in [1.165, 1.54) is 44.9 Å². The van der Waals surface area contributed by atoms with Crippen molar-refractivity contribution in [2.75, 3.05) is 0 Å². The van der Waals surface area contributed by atoms with Gasteiger partial charge in [0, 0.05) is 0 Å². The van der Waals surface area contributed by atoms with Gasteiger partial charge in [0.15, 0.2) is 8.32 Å². The van der Waals surface area contributed by atoms with Crippen LogP contribution in [0.4, 0.5) is 0 Å². The first-order valence-corrected chi connectivity index (χ1v) is 8.89. The maximum absolute atomic E-state index is 10.8. The average Bonchev–Trinajstić information content (AvgIpc) is 2.20. The molecule has 84 valence electrons. The molecule has 0 aromatic rings. The monoisotopic (exact) mass is 214 g/mol. The summed E-state index contributed by atoms with van der Waals surface area (Å²) >= 11 is 0. The molecule has 1 N–H and O–H groups in total. The van der Waals surface area contributed by atoms with E-state index in [0.717, 1.165) is 17.6 Å². The van der Waals surface area contributed by atoms with E-state index in [1.807, 2.05) is 0 Å². The molecule has 0 aromatic heterocycles. The van der Waals surface area contributed by atoms with E-state index in [2.05, 4.69) is 13.8 Å². The molecule has 0 amide bonds. The van der Waals surface area contributed by atoms with Gasteiger partial charge in [-0.05, 0) is 17.6 Å². The zero-order valence-corrected chi connectivity index (χ0v) is 10.9. The van der Waals surface area contributed by atoms with Crippen LogP contribution < -0.4 is 0 Å². The first-order valence-electron chi connectivity index (χ1n) is 6.45. The summed E-state index contributed by atoms with van der Waals surface area (Å²) in [7, 11) is -1.85. The van der Waals surface area contributed by atoms with E-state index in [4.69, 9.17) is 0 Å². The van der Waals surface area contributed by atoms with Crippen LogP contribution in [0.15, 0.2) is 0 Å². The van der Waals surface area contributed by atoms with Gasteiger partial charge < -0.3 is 4.80 Å². The molecule has 1 fully saturated rings. The van der Waals surface area contributed by atoms with Crippen LogP contribution in [0.3, 0.4) is 0 Å². The van der Waals surface area contributed by atoms with Crippen LogP contribution in [0.1, 0.15) is 58.8 Å². The minimum absolute atomic E-state index is 0.733. The van der Waals surface area contributed by atoms with Crippen molar-refractivity contribution >= 4 is 8.32 Å². The Morgan fingerprint density at radius 2 is 1.50 bits per heavy atom. The number of rotatable bonds is 5. The highest BCUT2D eigenvalue weighted by molar-refractivity contribution is 6.74. The molecule has 1 aliphatic rings. The van der Waals surface area contributed by atoms with Gasteiger partial charge in [0.1, 0.15) is 0 Å². The van der Waals surface area contributed by atoms with Crippen molar-refractivity contribution in [3.63, 3.8) is 0 Å². The van der Waals surface area contributed by atoms with Crippen LogP contribution in [0, 0.1) is 0 Å². The van der Waals surface area contributed by atoms with Crippen LogP contribution >= 0.6 is 0 Å². The lowest BCUT2D eigenvalue weighted by atomic mass is 10.0. The predicted octanol–water partition coefficient (Wildman–Crippen LogP) is 4.08.